The normalized spacial score (nSPS) is 21.2. The van der Waals surface area contributed by atoms with Crippen molar-refractivity contribution in [2.45, 2.75) is 294 Å². The first-order valence-electron chi connectivity index (χ1n) is 26.7. The van der Waals surface area contributed by atoms with Crippen molar-refractivity contribution < 1.29 is 50.0 Å². The molecule has 1 aliphatic rings. The van der Waals surface area contributed by atoms with Crippen molar-refractivity contribution in [3.8, 4) is 0 Å². The maximum atomic E-state index is 13.1. The molecule has 64 heavy (non-hydrogen) atoms. The maximum absolute atomic E-state index is 13.1. The summed E-state index contributed by atoms with van der Waals surface area (Å²) in [7, 11) is 0. The molecule has 1 heterocycles. The standard InChI is InChI=1S/C53H101NO10/c1-3-5-7-9-11-13-15-16-17-18-19-20-21-22-23-24-25-26-27-28-29-30-31-33-34-36-38-40-45(56)48(58)44(43-63-53-51(61)50(60)49(59)47(42-55)64-53)54-52(62)46(57)41-39-37-35-32-14-12-10-8-6-4-2/h28-29,33-34,44-51,53,55-61H,3-27,30-32,35-43H2,1-2H3,(H,54,62)/b29-28+,34-33+. The van der Waals surface area contributed by atoms with Crippen molar-refractivity contribution in [1.29, 1.82) is 0 Å². The van der Waals surface area contributed by atoms with E-state index >= 15 is 0 Å². The molecule has 0 spiro atoms. The van der Waals surface area contributed by atoms with E-state index in [1.54, 1.807) is 0 Å². The molecule has 0 radical (unpaired) electrons. The average Bonchev–Trinajstić information content (AvgIpc) is 3.29. The predicted octanol–water partition coefficient (Wildman–Crippen LogP) is 10.2. The quantitative estimate of drug-likeness (QED) is 0.0216. The fourth-order valence-corrected chi connectivity index (χ4v) is 8.58. The number of unbranched alkanes of at least 4 members (excludes halogenated alkanes) is 29. The summed E-state index contributed by atoms with van der Waals surface area (Å²) in [6.45, 7) is 3.42. The van der Waals surface area contributed by atoms with Crippen molar-refractivity contribution >= 4 is 5.91 Å². The number of allylic oxidation sites excluding steroid dienone is 4. The van der Waals surface area contributed by atoms with Crippen molar-refractivity contribution in [2.24, 2.45) is 0 Å². The number of amides is 1. The molecule has 1 saturated heterocycles. The van der Waals surface area contributed by atoms with Gasteiger partial charge >= 0.3 is 0 Å². The Morgan fingerprint density at radius 2 is 0.938 bits per heavy atom. The number of aliphatic hydroxyl groups excluding tert-OH is 7. The first kappa shape index (κ1) is 60.6. The minimum atomic E-state index is -1.67. The maximum Gasteiger partial charge on any atom is 0.249 e. The minimum Gasteiger partial charge on any atom is -0.394 e. The second-order valence-corrected chi connectivity index (χ2v) is 18.9. The molecular weight excluding hydrogens is 811 g/mol. The van der Waals surface area contributed by atoms with Gasteiger partial charge in [-0.1, -0.05) is 212 Å². The summed E-state index contributed by atoms with van der Waals surface area (Å²) in [6.07, 6.45) is 38.3. The van der Waals surface area contributed by atoms with E-state index in [9.17, 15) is 40.5 Å². The van der Waals surface area contributed by atoms with Crippen LogP contribution in [0.15, 0.2) is 24.3 Å². The van der Waals surface area contributed by atoms with Crippen LogP contribution >= 0.6 is 0 Å². The van der Waals surface area contributed by atoms with E-state index in [0.29, 0.717) is 19.3 Å². The summed E-state index contributed by atoms with van der Waals surface area (Å²) in [4.78, 5) is 13.1. The van der Waals surface area contributed by atoms with Crippen LogP contribution < -0.4 is 5.32 Å². The predicted molar refractivity (Wildman–Crippen MR) is 261 cm³/mol. The lowest BCUT2D eigenvalue weighted by Crippen LogP contribution is -2.60. The Bertz CT molecular complexity index is 1090. The van der Waals surface area contributed by atoms with Gasteiger partial charge in [0, 0.05) is 0 Å². The molecule has 0 aromatic rings. The lowest BCUT2D eigenvalue weighted by atomic mass is 9.98. The monoisotopic (exact) mass is 912 g/mol. The van der Waals surface area contributed by atoms with Crippen molar-refractivity contribution in [2.75, 3.05) is 13.2 Å². The highest BCUT2D eigenvalue weighted by Gasteiger charge is 2.44. The molecule has 0 aromatic carbocycles. The smallest absolute Gasteiger partial charge is 0.249 e. The summed E-state index contributed by atoms with van der Waals surface area (Å²) in [5, 5.41) is 75.7. The largest absolute Gasteiger partial charge is 0.394 e. The van der Waals surface area contributed by atoms with E-state index in [2.05, 4.69) is 43.5 Å². The third kappa shape index (κ3) is 31.5. The molecule has 9 unspecified atom stereocenters. The molecule has 9 atom stereocenters. The van der Waals surface area contributed by atoms with Gasteiger partial charge in [-0.25, -0.2) is 0 Å². The van der Waals surface area contributed by atoms with Crippen LogP contribution in [0.25, 0.3) is 0 Å². The number of ether oxygens (including phenoxy) is 2. The first-order valence-corrected chi connectivity index (χ1v) is 26.7. The van der Waals surface area contributed by atoms with E-state index in [-0.39, 0.29) is 12.8 Å². The van der Waals surface area contributed by atoms with Gasteiger partial charge in [-0.15, -0.1) is 0 Å². The van der Waals surface area contributed by atoms with Crippen molar-refractivity contribution in [3.63, 3.8) is 0 Å². The molecule has 11 nitrogen and oxygen atoms in total. The minimum absolute atomic E-state index is 0.248. The number of hydrogen-bond donors (Lipinski definition) is 8. The van der Waals surface area contributed by atoms with Gasteiger partial charge in [-0.05, 0) is 51.4 Å². The van der Waals surface area contributed by atoms with E-state index in [4.69, 9.17) is 9.47 Å². The zero-order valence-corrected chi connectivity index (χ0v) is 41.0. The highest BCUT2D eigenvalue weighted by Crippen LogP contribution is 2.23. The van der Waals surface area contributed by atoms with Gasteiger partial charge in [-0.3, -0.25) is 4.79 Å². The van der Waals surface area contributed by atoms with Crippen molar-refractivity contribution in [1.82, 2.24) is 5.32 Å². The molecule has 1 fully saturated rings. The Kier molecular flexibility index (Phi) is 40.6. The van der Waals surface area contributed by atoms with Gasteiger partial charge in [0.15, 0.2) is 6.29 Å². The van der Waals surface area contributed by atoms with E-state index in [0.717, 1.165) is 38.5 Å². The molecule has 8 N–H and O–H groups in total. The number of nitrogens with one attached hydrogen (secondary N) is 1. The van der Waals surface area contributed by atoms with Crippen LogP contribution in [-0.2, 0) is 14.3 Å². The van der Waals surface area contributed by atoms with Gasteiger partial charge in [0.1, 0.15) is 36.6 Å². The van der Waals surface area contributed by atoms with Crippen LogP contribution in [0.4, 0.5) is 0 Å². The number of carbonyl (C=O) groups is 1. The zero-order chi connectivity index (χ0) is 46.9. The van der Waals surface area contributed by atoms with E-state index in [1.807, 2.05) is 0 Å². The van der Waals surface area contributed by atoms with Gasteiger partial charge in [-0.2, -0.15) is 0 Å². The molecule has 0 saturated carbocycles. The second-order valence-electron chi connectivity index (χ2n) is 18.9. The van der Waals surface area contributed by atoms with Gasteiger partial charge < -0.3 is 50.5 Å². The zero-order valence-electron chi connectivity index (χ0n) is 41.0. The van der Waals surface area contributed by atoms with Gasteiger partial charge in [0.2, 0.25) is 5.91 Å². The highest BCUT2D eigenvalue weighted by molar-refractivity contribution is 5.80. The summed E-state index contributed by atoms with van der Waals surface area (Å²) < 4.78 is 11.1. The molecule has 1 rings (SSSR count). The third-order valence-electron chi connectivity index (χ3n) is 13.0. The summed E-state index contributed by atoms with van der Waals surface area (Å²) in [6, 6.07) is -1.19. The first-order chi connectivity index (χ1) is 31.2. The molecule has 0 aliphatic carbocycles. The molecular formula is C53H101NO10. The molecule has 1 aliphatic heterocycles. The number of aliphatic hydroxyl groups is 7. The fraction of sp³-hybridized carbons (Fsp3) is 0.906. The lowest BCUT2D eigenvalue weighted by Gasteiger charge is -2.40. The van der Waals surface area contributed by atoms with Crippen molar-refractivity contribution in [3.05, 3.63) is 24.3 Å². The molecule has 11 heteroatoms. The van der Waals surface area contributed by atoms with Crippen LogP contribution in [0.5, 0.6) is 0 Å². The summed E-state index contributed by atoms with van der Waals surface area (Å²) in [5.41, 5.74) is 0. The second kappa shape index (κ2) is 42.9. The van der Waals surface area contributed by atoms with Gasteiger partial charge in [0.25, 0.3) is 0 Å². The number of hydrogen-bond acceptors (Lipinski definition) is 10. The Morgan fingerprint density at radius 1 is 0.531 bits per heavy atom. The lowest BCUT2D eigenvalue weighted by molar-refractivity contribution is -0.303. The van der Waals surface area contributed by atoms with Crippen LogP contribution in [-0.4, -0.2) is 110 Å². The molecule has 0 bridgehead atoms. The summed E-state index contributed by atoms with van der Waals surface area (Å²) in [5.74, 6) is -0.711. The van der Waals surface area contributed by atoms with Crippen LogP contribution in [0, 0.1) is 0 Å². The summed E-state index contributed by atoms with van der Waals surface area (Å²) >= 11 is 0. The van der Waals surface area contributed by atoms with Crippen LogP contribution in [0.1, 0.15) is 239 Å². The van der Waals surface area contributed by atoms with Crippen LogP contribution in [0.3, 0.4) is 0 Å². The third-order valence-corrected chi connectivity index (χ3v) is 13.0. The molecule has 0 aromatic heterocycles. The van der Waals surface area contributed by atoms with E-state index in [1.165, 1.54) is 154 Å². The average molecular weight is 912 g/mol. The van der Waals surface area contributed by atoms with E-state index < -0.39 is 74.2 Å². The number of rotatable bonds is 45. The molecule has 378 valence electrons. The fourth-order valence-electron chi connectivity index (χ4n) is 8.58. The molecule has 1 amide bonds. The Hall–Kier alpha value is -1.41. The SMILES string of the molecule is CCCCCCCCCCCCCCCCCCCC/C=C/CC/C=C/CCCC(O)C(O)C(COC1OC(CO)C(O)C(O)C1O)NC(=O)C(O)CCCCCCCCCCCC. The van der Waals surface area contributed by atoms with Gasteiger partial charge in [0.05, 0.1) is 25.4 Å². The van der Waals surface area contributed by atoms with Crippen LogP contribution in [0.2, 0.25) is 0 Å². The highest BCUT2D eigenvalue weighted by atomic mass is 16.7. The Balaban J connectivity index is 2.31. The Labute approximate surface area is 391 Å². The topological polar surface area (TPSA) is 189 Å². The Morgan fingerprint density at radius 3 is 1.39 bits per heavy atom. The number of carbonyl (C=O) groups excluding carboxylic acids is 1.